The molecule has 0 saturated heterocycles. The minimum atomic E-state index is -0.298. The lowest BCUT2D eigenvalue weighted by Gasteiger charge is -2.14. The molecule has 0 spiro atoms. The number of benzene rings is 3. The normalized spacial score (nSPS) is 11.9. The van der Waals surface area contributed by atoms with Gasteiger partial charge in [-0.25, -0.2) is 0 Å². The van der Waals surface area contributed by atoms with Gasteiger partial charge in [-0.3, -0.25) is 9.59 Å². The molecule has 0 unspecified atom stereocenters. The van der Waals surface area contributed by atoms with Crippen molar-refractivity contribution >= 4 is 16.7 Å². The Labute approximate surface area is 168 Å². The van der Waals surface area contributed by atoms with Crippen LogP contribution < -0.4 is 10.9 Å². The average molecular weight is 383 g/mol. The summed E-state index contributed by atoms with van der Waals surface area (Å²) in [7, 11) is 0. The highest BCUT2D eigenvalue weighted by Gasteiger charge is 2.18. The van der Waals surface area contributed by atoms with Crippen molar-refractivity contribution < 1.29 is 4.79 Å². The lowest BCUT2D eigenvalue weighted by molar-refractivity contribution is 0.0947. The van der Waals surface area contributed by atoms with Crippen LogP contribution in [-0.2, 0) is 0 Å². The Morgan fingerprint density at radius 3 is 2.17 bits per heavy atom. The third-order valence-corrected chi connectivity index (χ3v) is 4.96. The van der Waals surface area contributed by atoms with Gasteiger partial charge in [-0.2, -0.15) is 9.78 Å². The monoisotopic (exact) mass is 383 g/mol. The van der Waals surface area contributed by atoms with Gasteiger partial charge in [0.2, 0.25) is 0 Å². The first-order valence-corrected chi connectivity index (χ1v) is 9.56. The number of carbonyl (C=O) groups excluding carboxylic acids is 1. The van der Waals surface area contributed by atoms with Gasteiger partial charge < -0.3 is 5.32 Å². The molecule has 1 aromatic heterocycles. The van der Waals surface area contributed by atoms with E-state index >= 15 is 0 Å². The Balaban J connectivity index is 1.70. The fourth-order valence-corrected chi connectivity index (χ4v) is 3.33. The molecule has 0 aliphatic rings. The van der Waals surface area contributed by atoms with Crippen molar-refractivity contribution in [2.24, 2.45) is 0 Å². The van der Waals surface area contributed by atoms with Gasteiger partial charge in [-0.05, 0) is 29.7 Å². The maximum absolute atomic E-state index is 13.0. The van der Waals surface area contributed by atoms with Crippen molar-refractivity contribution in [1.29, 1.82) is 0 Å². The Morgan fingerprint density at radius 2 is 1.48 bits per heavy atom. The Hall–Kier alpha value is -3.73. The van der Waals surface area contributed by atoms with Gasteiger partial charge in [0.15, 0.2) is 5.69 Å². The number of hydrogen-bond acceptors (Lipinski definition) is 3. The zero-order valence-corrected chi connectivity index (χ0v) is 16.1. The van der Waals surface area contributed by atoms with Gasteiger partial charge in [0.1, 0.15) is 0 Å². The van der Waals surface area contributed by atoms with E-state index in [9.17, 15) is 9.59 Å². The highest BCUT2D eigenvalue weighted by molar-refractivity contribution is 6.04. The molecule has 4 rings (SSSR count). The van der Waals surface area contributed by atoms with Crippen LogP contribution in [0.4, 0.5) is 0 Å². The summed E-state index contributed by atoms with van der Waals surface area (Å²) in [5, 5.41) is 8.40. The van der Waals surface area contributed by atoms with E-state index in [2.05, 4.69) is 17.3 Å². The van der Waals surface area contributed by atoms with Crippen molar-refractivity contribution in [1.82, 2.24) is 15.1 Å². The van der Waals surface area contributed by atoms with Crippen molar-refractivity contribution in [3.63, 3.8) is 0 Å². The molecule has 0 aliphatic heterocycles. The van der Waals surface area contributed by atoms with E-state index < -0.39 is 0 Å². The van der Waals surface area contributed by atoms with Crippen LogP contribution in [0.3, 0.4) is 0 Å². The third-order valence-electron chi connectivity index (χ3n) is 4.96. The summed E-state index contributed by atoms with van der Waals surface area (Å²) in [6.45, 7) is 2.54. The Morgan fingerprint density at radius 1 is 0.897 bits per heavy atom. The van der Waals surface area contributed by atoms with Crippen molar-refractivity contribution in [2.75, 3.05) is 6.54 Å². The number of carbonyl (C=O) groups is 1. The quantitative estimate of drug-likeness (QED) is 0.568. The second kappa shape index (κ2) is 8.10. The number of amides is 1. The fraction of sp³-hybridized carbons (Fsp3) is 0.125. The van der Waals surface area contributed by atoms with Gasteiger partial charge in [-0.15, -0.1) is 0 Å². The lowest BCUT2D eigenvalue weighted by Crippen LogP contribution is -2.32. The minimum Gasteiger partial charge on any atom is -0.350 e. The predicted octanol–water partition coefficient (Wildman–Crippen LogP) is 3.92. The van der Waals surface area contributed by atoms with Crippen LogP contribution >= 0.6 is 0 Å². The maximum Gasteiger partial charge on any atom is 0.279 e. The van der Waals surface area contributed by atoms with Gasteiger partial charge in [0.05, 0.1) is 11.1 Å². The van der Waals surface area contributed by atoms with Crippen LogP contribution in [0.1, 0.15) is 28.9 Å². The van der Waals surface area contributed by atoms with Gasteiger partial charge in [0.25, 0.3) is 11.5 Å². The van der Waals surface area contributed by atoms with Crippen molar-refractivity contribution in [3.05, 3.63) is 107 Å². The second-order valence-corrected chi connectivity index (χ2v) is 6.97. The number of para-hydroxylation sites is 1. The number of hydrogen-bond donors (Lipinski definition) is 1. The standard InChI is InChI=1S/C24H21N3O2/c1-17(18-10-4-2-5-11-18)16-25-23(28)22-20-14-8-9-15-21(20)24(29)27(26-22)19-12-6-3-7-13-19/h2-15,17H,16H2,1H3,(H,25,28)/t17-/m1/s1. The molecule has 5 heteroatoms. The van der Waals surface area contributed by atoms with E-state index in [1.807, 2.05) is 48.5 Å². The SMILES string of the molecule is C[C@H](CNC(=O)c1nn(-c2ccccc2)c(=O)c2ccccc12)c1ccccc1. The molecule has 5 nitrogen and oxygen atoms in total. The molecule has 0 radical (unpaired) electrons. The molecule has 3 aromatic carbocycles. The molecule has 1 N–H and O–H groups in total. The minimum absolute atomic E-state index is 0.159. The first-order valence-electron chi connectivity index (χ1n) is 9.56. The lowest BCUT2D eigenvalue weighted by atomic mass is 10.0. The summed E-state index contributed by atoms with van der Waals surface area (Å²) in [5.41, 5.74) is 1.76. The largest absolute Gasteiger partial charge is 0.350 e. The first kappa shape index (κ1) is 18.6. The molecule has 0 fully saturated rings. The van der Waals surface area contributed by atoms with Crippen LogP contribution in [0.2, 0.25) is 0 Å². The molecular weight excluding hydrogens is 362 g/mol. The number of rotatable bonds is 5. The molecule has 0 saturated carbocycles. The molecule has 1 heterocycles. The zero-order chi connectivity index (χ0) is 20.2. The molecule has 0 bridgehead atoms. The summed E-state index contributed by atoms with van der Waals surface area (Å²) in [5.74, 6) is -0.139. The Kier molecular flexibility index (Phi) is 5.20. The summed E-state index contributed by atoms with van der Waals surface area (Å²) in [6, 6.07) is 26.2. The van der Waals surface area contributed by atoms with Crippen molar-refractivity contribution in [2.45, 2.75) is 12.8 Å². The second-order valence-electron chi connectivity index (χ2n) is 6.97. The summed E-state index contributed by atoms with van der Waals surface area (Å²) in [4.78, 5) is 25.9. The molecule has 1 amide bonds. The van der Waals surface area contributed by atoms with Gasteiger partial charge >= 0.3 is 0 Å². The summed E-state index contributed by atoms with van der Waals surface area (Å²) >= 11 is 0. The topological polar surface area (TPSA) is 64.0 Å². The van der Waals surface area contributed by atoms with Crippen molar-refractivity contribution in [3.8, 4) is 5.69 Å². The van der Waals surface area contributed by atoms with Gasteiger partial charge in [0, 0.05) is 11.9 Å². The van der Waals surface area contributed by atoms with Crippen LogP contribution in [0.5, 0.6) is 0 Å². The predicted molar refractivity (Wildman–Crippen MR) is 115 cm³/mol. The van der Waals surface area contributed by atoms with Crippen LogP contribution in [0.15, 0.2) is 89.7 Å². The molecule has 1 atom stereocenters. The zero-order valence-electron chi connectivity index (χ0n) is 16.1. The number of fused-ring (bicyclic) bond motifs is 1. The molecule has 0 aliphatic carbocycles. The fourth-order valence-electron chi connectivity index (χ4n) is 3.33. The van der Waals surface area contributed by atoms with E-state index in [1.54, 1.807) is 36.4 Å². The summed E-state index contributed by atoms with van der Waals surface area (Å²) in [6.07, 6.45) is 0. The number of aromatic nitrogens is 2. The molecule has 4 aromatic rings. The third kappa shape index (κ3) is 3.80. The van der Waals surface area contributed by atoms with Crippen LogP contribution in [0.25, 0.3) is 16.5 Å². The first-order chi connectivity index (χ1) is 14.1. The van der Waals surface area contributed by atoms with E-state index in [0.29, 0.717) is 23.0 Å². The highest BCUT2D eigenvalue weighted by Crippen LogP contribution is 2.17. The van der Waals surface area contributed by atoms with Crippen LogP contribution in [-0.4, -0.2) is 22.2 Å². The average Bonchev–Trinajstić information content (AvgIpc) is 2.79. The molecule has 29 heavy (non-hydrogen) atoms. The molecular formula is C24H21N3O2. The van der Waals surface area contributed by atoms with E-state index in [-0.39, 0.29) is 23.1 Å². The highest BCUT2D eigenvalue weighted by atomic mass is 16.2. The van der Waals surface area contributed by atoms with E-state index in [4.69, 9.17) is 0 Å². The Bertz CT molecular complexity index is 1200. The molecule has 144 valence electrons. The maximum atomic E-state index is 13.0. The number of nitrogens with zero attached hydrogens (tertiary/aromatic N) is 2. The summed E-state index contributed by atoms with van der Waals surface area (Å²) < 4.78 is 1.29. The van der Waals surface area contributed by atoms with Gasteiger partial charge in [-0.1, -0.05) is 73.7 Å². The van der Waals surface area contributed by atoms with Crippen LogP contribution in [0, 0.1) is 0 Å². The smallest absolute Gasteiger partial charge is 0.279 e. The number of nitrogens with one attached hydrogen (secondary N) is 1. The van der Waals surface area contributed by atoms with E-state index in [1.165, 1.54) is 4.68 Å². The van der Waals surface area contributed by atoms with E-state index in [0.717, 1.165) is 5.56 Å².